The average Bonchev–Trinajstić information content (AvgIpc) is 2.72. The molecule has 92 valence electrons. The third kappa shape index (κ3) is 3.01. The van der Waals surface area contributed by atoms with Crippen LogP contribution in [0.15, 0.2) is 30.3 Å². The summed E-state index contributed by atoms with van der Waals surface area (Å²) in [6.07, 6.45) is 2.08. The Kier molecular flexibility index (Phi) is 3.74. The lowest BCUT2D eigenvalue weighted by atomic mass is 10.0. The van der Waals surface area contributed by atoms with E-state index in [-0.39, 0.29) is 0 Å². The fourth-order valence-electron chi connectivity index (χ4n) is 2.15. The third-order valence-corrected chi connectivity index (χ3v) is 4.63. The number of carboxylic acids is 1. The van der Waals surface area contributed by atoms with Gasteiger partial charge in [-0.15, -0.1) is 0 Å². The van der Waals surface area contributed by atoms with Crippen molar-refractivity contribution in [3.63, 3.8) is 0 Å². The van der Waals surface area contributed by atoms with Crippen LogP contribution in [0.25, 0.3) is 0 Å². The average molecular weight is 251 g/mol. The van der Waals surface area contributed by atoms with E-state index in [4.69, 9.17) is 10.8 Å². The van der Waals surface area contributed by atoms with Crippen LogP contribution in [-0.2, 0) is 10.5 Å². The van der Waals surface area contributed by atoms with E-state index < -0.39 is 11.5 Å². The molecule has 17 heavy (non-hydrogen) atoms. The van der Waals surface area contributed by atoms with Gasteiger partial charge in [-0.25, -0.2) is 0 Å². The van der Waals surface area contributed by atoms with Gasteiger partial charge in [0.2, 0.25) is 0 Å². The van der Waals surface area contributed by atoms with Crippen LogP contribution in [0.3, 0.4) is 0 Å². The zero-order valence-corrected chi connectivity index (χ0v) is 10.5. The van der Waals surface area contributed by atoms with Crippen LogP contribution >= 0.6 is 11.8 Å². The Labute approximate surface area is 105 Å². The monoisotopic (exact) mass is 251 g/mol. The van der Waals surface area contributed by atoms with Gasteiger partial charge < -0.3 is 10.8 Å². The van der Waals surface area contributed by atoms with E-state index in [2.05, 4.69) is 12.1 Å². The number of hydrogen-bond donors (Lipinski definition) is 2. The van der Waals surface area contributed by atoms with Crippen LogP contribution in [0.1, 0.15) is 24.8 Å². The van der Waals surface area contributed by atoms with Gasteiger partial charge in [-0.05, 0) is 24.8 Å². The van der Waals surface area contributed by atoms with Crippen molar-refractivity contribution in [3.8, 4) is 0 Å². The first-order valence-corrected chi connectivity index (χ1v) is 6.83. The molecule has 1 saturated carbocycles. The topological polar surface area (TPSA) is 63.3 Å². The number of thioether (sulfide) groups is 1. The summed E-state index contributed by atoms with van der Waals surface area (Å²) in [4.78, 5) is 11.0. The lowest BCUT2D eigenvalue weighted by Crippen LogP contribution is -2.45. The molecule has 3 N–H and O–H groups in total. The summed E-state index contributed by atoms with van der Waals surface area (Å²) in [5, 5.41) is 9.41. The van der Waals surface area contributed by atoms with Crippen LogP contribution in [0.5, 0.6) is 0 Å². The van der Waals surface area contributed by atoms with Crippen molar-refractivity contribution in [2.24, 2.45) is 5.73 Å². The molecule has 0 bridgehead atoms. The van der Waals surface area contributed by atoms with Crippen LogP contribution in [-0.4, -0.2) is 21.9 Å². The first kappa shape index (κ1) is 12.5. The summed E-state index contributed by atoms with van der Waals surface area (Å²) in [5.41, 5.74) is 6.14. The zero-order valence-electron chi connectivity index (χ0n) is 9.63. The molecule has 0 aromatic heterocycles. The van der Waals surface area contributed by atoms with Gasteiger partial charge in [0, 0.05) is 11.0 Å². The van der Waals surface area contributed by atoms with E-state index in [1.54, 1.807) is 0 Å². The second kappa shape index (κ2) is 5.10. The summed E-state index contributed by atoms with van der Waals surface area (Å²) in [7, 11) is 0. The predicted octanol–water partition coefficient (Wildman–Crippen LogP) is 2.25. The number of rotatable bonds is 4. The molecule has 4 heteroatoms. The maximum atomic E-state index is 11.0. The number of carbonyl (C=O) groups is 1. The molecule has 2 atom stereocenters. The Balaban J connectivity index is 1.85. The molecule has 3 nitrogen and oxygen atoms in total. The highest BCUT2D eigenvalue weighted by Gasteiger charge is 2.42. The molecule has 0 amide bonds. The first-order chi connectivity index (χ1) is 8.10. The van der Waals surface area contributed by atoms with E-state index in [0.29, 0.717) is 18.1 Å². The first-order valence-electron chi connectivity index (χ1n) is 5.78. The molecule has 2 rings (SSSR count). The SMILES string of the molecule is NC1(C(=O)O)CCC(SCc2ccccc2)C1. The van der Waals surface area contributed by atoms with Crippen molar-refractivity contribution in [3.05, 3.63) is 35.9 Å². The summed E-state index contributed by atoms with van der Waals surface area (Å²) in [6.45, 7) is 0. The summed E-state index contributed by atoms with van der Waals surface area (Å²) >= 11 is 1.81. The minimum Gasteiger partial charge on any atom is -0.480 e. The number of benzene rings is 1. The molecule has 1 aliphatic rings. The van der Waals surface area contributed by atoms with Crippen LogP contribution in [0.4, 0.5) is 0 Å². The molecule has 1 aliphatic carbocycles. The molecule has 1 fully saturated rings. The molecular weight excluding hydrogens is 234 g/mol. The van der Waals surface area contributed by atoms with Gasteiger partial charge in [-0.3, -0.25) is 4.79 Å². The number of nitrogens with two attached hydrogens (primary N) is 1. The smallest absolute Gasteiger partial charge is 0.323 e. The second-order valence-corrected chi connectivity index (χ2v) is 5.91. The normalized spacial score (nSPS) is 28.2. The van der Waals surface area contributed by atoms with Gasteiger partial charge >= 0.3 is 5.97 Å². The van der Waals surface area contributed by atoms with Crippen molar-refractivity contribution < 1.29 is 9.90 Å². The van der Waals surface area contributed by atoms with Crippen molar-refractivity contribution in [1.29, 1.82) is 0 Å². The Morgan fingerprint density at radius 1 is 1.47 bits per heavy atom. The molecular formula is C13H17NO2S. The standard InChI is InChI=1S/C13H17NO2S/c14-13(12(15)16)7-6-11(8-13)17-9-10-4-2-1-3-5-10/h1-5,11H,6-9,14H2,(H,15,16). The highest BCUT2D eigenvalue weighted by molar-refractivity contribution is 7.99. The lowest BCUT2D eigenvalue weighted by molar-refractivity contribution is -0.143. The Hall–Kier alpha value is -1.00. The van der Waals surface area contributed by atoms with Gasteiger partial charge in [-0.2, -0.15) is 11.8 Å². The van der Waals surface area contributed by atoms with Crippen LogP contribution < -0.4 is 5.73 Å². The maximum absolute atomic E-state index is 11.0. The lowest BCUT2D eigenvalue weighted by Gasteiger charge is -2.17. The molecule has 2 unspecified atom stereocenters. The highest BCUT2D eigenvalue weighted by Crippen LogP contribution is 2.37. The van der Waals surface area contributed by atoms with Gasteiger partial charge in [0.15, 0.2) is 0 Å². The van der Waals surface area contributed by atoms with Crippen molar-refractivity contribution >= 4 is 17.7 Å². The van der Waals surface area contributed by atoms with E-state index >= 15 is 0 Å². The van der Waals surface area contributed by atoms with Crippen molar-refractivity contribution in [2.75, 3.05) is 0 Å². The largest absolute Gasteiger partial charge is 0.480 e. The van der Waals surface area contributed by atoms with E-state index in [0.717, 1.165) is 12.2 Å². The molecule has 0 saturated heterocycles. The Morgan fingerprint density at radius 2 is 2.18 bits per heavy atom. The Morgan fingerprint density at radius 3 is 2.76 bits per heavy atom. The molecule has 0 heterocycles. The minimum absolute atomic E-state index is 0.372. The quantitative estimate of drug-likeness (QED) is 0.861. The fourth-order valence-corrected chi connectivity index (χ4v) is 3.47. The summed E-state index contributed by atoms with van der Waals surface area (Å²) < 4.78 is 0. The van der Waals surface area contributed by atoms with E-state index in [1.165, 1.54) is 5.56 Å². The number of aliphatic carboxylic acids is 1. The van der Waals surface area contributed by atoms with Crippen LogP contribution in [0.2, 0.25) is 0 Å². The number of hydrogen-bond acceptors (Lipinski definition) is 3. The highest BCUT2D eigenvalue weighted by atomic mass is 32.2. The van der Waals surface area contributed by atoms with Gasteiger partial charge in [0.05, 0.1) is 0 Å². The zero-order chi connectivity index (χ0) is 12.3. The molecule has 1 aromatic carbocycles. The minimum atomic E-state index is -0.992. The molecule has 0 spiro atoms. The molecule has 0 radical (unpaired) electrons. The summed E-state index contributed by atoms with van der Waals surface area (Å²) in [6, 6.07) is 10.2. The molecule has 0 aliphatic heterocycles. The molecule has 1 aromatic rings. The fraction of sp³-hybridized carbons (Fsp3) is 0.462. The van der Waals surface area contributed by atoms with Gasteiger partial charge in [0.1, 0.15) is 5.54 Å². The van der Waals surface area contributed by atoms with Crippen molar-refractivity contribution in [2.45, 2.75) is 35.8 Å². The predicted molar refractivity (Wildman–Crippen MR) is 69.9 cm³/mol. The maximum Gasteiger partial charge on any atom is 0.323 e. The third-order valence-electron chi connectivity index (χ3n) is 3.26. The summed E-state index contributed by atoms with van der Waals surface area (Å²) in [5.74, 6) is 0.0709. The number of carboxylic acid groups (broad SMARTS) is 1. The van der Waals surface area contributed by atoms with Gasteiger partial charge in [-0.1, -0.05) is 30.3 Å². The van der Waals surface area contributed by atoms with Crippen LogP contribution in [0, 0.1) is 0 Å². The van der Waals surface area contributed by atoms with Crippen molar-refractivity contribution in [1.82, 2.24) is 0 Å². The Bertz CT molecular complexity index is 396. The van der Waals surface area contributed by atoms with E-state index in [9.17, 15) is 4.79 Å². The van der Waals surface area contributed by atoms with Gasteiger partial charge in [0.25, 0.3) is 0 Å². The second-order valence-electron chi connectivity index (χ2n) is 4.62. The van der Waals surface area contributed by atoms with E-state index in [1.807, 2.05) is 30.0 Å².